The van der Waals surface area contributed by atoms with Gasteiger partial charge in [0, 0.05) is 15.7 Å². The number of ether oxygens (including phenoxy) is 1. The van der Waals surface area contributed by atoms with E-state index in [0.717, 1.165) is 10.6 Å². The molecule has 0 aromatic heterocycles. The highest BCUT2D eigenvalue weighted by atomic mass is 35.5. The van der Waals surface area contributed by atoms with E-state index in [0.29, 0.717) is 22.4 Å². The SMILES string of the molecule is O=C(O)c1ccc(SCCOc2ccc(Cl)cc2Cl)cc1. The maximum atomic E-state index is 10.7. The molecule has 0 unspecified atom stereocenters. The van der Waals surface area contributed by atoms with Crippen molar-refractivity contribution < 1.29 is 14.6 Å². The first kappa shape index (κ1) is 16.0. The predicted octanol–water partition coefficient (Wildman–Crippen LogP) is 4.86. The second-order valence-electron chi connectivity index (χ2n) is 4.10. The molecule has 0 radical (unpaired) electrons. The molecule has 0 atom stereocenters. The number of carboxylic acid groups (broad SMARTS) is 1. The summed E-state index contributed by atoms with van der Waals surface area (Å²) in [4.78, 5) is 11.7. The molecule has 6 heteroatoms. The Morgan fingerprint density at radius 2 is 1.86 bits per heavy atom. The summed E-state index contributed by atoms with van der Waals surface area (Å²) in [5.41, 5.74) is 0.281. The molecule has 0 amide bonds. The molecule has 2 aromatic rings. The molecule has 110 valence electrons. The Balaban J connectivity index is 1.80. The van der Waals surface area contributed by atoms with Crippen LogP contribution in [0.25, 0.3) is 0 Å². The molecule has 0 saturated heterocycles. The number of carbonyl (C=O) groups is 1. The van der Waals surface area contributed by atoms with Crippen molar-refractivity contribution in [1.82, 2.24) is 0 Å². The fraction of sp³-hybridized carbons (Fsp3) is 0.133. The van der Waals surface area contributed by atoms with Crippen LogP contribution in [-0.2, 0) is 0 Å². The van der Waals surface area contributed by atoms with E-state index in [2.05, 4.69) is 0 Å². The average Bonchev–Trinajstić information content (AvgIpc) is 2.46. The minimum absolute atomic E-state index is 0.281. The molecule has 3 nitrogen and oxygen atoms in total. The van der Waals surface area contributed by atoms with Crippen molar-refractivity contribution in [2.45, 2.75) is 4.90 Å². The summed E-state index contributed by atoms with van der Waals surface area (Å²) in [6.45, 7) is 0.493. The first-order valence-electron chi connectivity index (χ1n) is 6.10. The molecule has 0 bridgehead atoms. The molecule has 0 aliphatic carbocycles. The quantitative estimate of drug-likeness (QED) is 0.601. The standard InChI is InChI=1S/C15H12Cl2O3S/c16-11-3-6-14(13(17)9-11)20-7-8-21-12-4-1-10(2-5-12)15(18)19/h1-6,9H,7-8H2,(H,18,19). The zero-order chi connectivity index (χ0) is 15.2. The third-order valence-corrected chi connectivity index (χ3v) is 4.11. The topological polar surface area (TPSA) is 46.5 Å². The van der Waals surface area contributed by atoms with Gasteiger partial charge in [-0.05, 0) is 42.5 Å². The van der Waals surface area contributed by atoms with Crippen LogP contribution >= 0.6 is 35.0 Å². The fourth-order valence-electron chi connectivity index (χ4n) is 1.60. The first-order chi connectivity index (χ1) is 10.1. The van der Waals surface area contributed by atoms with E-state index in [9.17, 15) is 4.79 Å². The fourth-order valence-corrected chi connectivity index (χ4v) is 2.79. The van der Waals surface area contributed by atoms with Crippen molar-refractivity contribution in [3.8, 4) is 5.75 Å². The van der Waals surface area contributed by atoms with Gasteiger partial charge in [0.25, 0.3) is 0 Å². The second-order valence-corrected chi connectivity index (χ2v) is 6.11. The van der Waals surface area contributed by atoms with Gasteiger partial charge in [0.1, 0.15) is 5.75 Å². The zero-order valence-electron chi connectivity index (χ0n) is 10.9. The number of hydrogen-bond acceptors (Lipinski definition) is 3. The summed E-state index contributed by atoms with van der Waals surface area (Å²) in [5.74, 6) is 0.404. The van der Waals surface area contributed by atoms with Crippen molar-refractivity contribution in [3.63, 3.8) is 0 Å². The van der Waals surface area contributed by atoms with E-state index >= 15 is 0 Å². The van der Waals surface area contributed by atoms with Gasteiger partial charge in [0.2, 0.25) is 0 Å². The highest BCUT2D eigenvalue weighted by molar-refractivity contribution is 7.99. The predicted molar refractivity (Wildman–Crippen MR) is 86.1 cm³/mol. The molecular weight excluding hydrogens is 331 g/mol. The van der Waals surface area contributed by atoms with Crippen LogP contribution in [0.15, 0.2) is 47.4 Å². The Morgan fingerprint density at radius 3 is 2.48 bits per heavy atom. The third-order valence-electron chi connectivity index (χ3n) is 2.60. The van der Waals surface area contributed by atoms with E-state index in [4.69, 9.17) is 33.0 Å². The zero-order valence-corrected chi connectivity index (χ0v) is 13.2. The van der Waals surface area contributed by atoms with Crippen LogP contribution in [0.2, 0.25) is 10.0 Å². The lowest BCUT2D eigenvalue weighted by atomic mass is 10.2. The van der Waals surface area contributed by atoms with Gasteiger partial charge in [-0.2, -0.15) is 0 Å². The number of halogens is 2. The van der Waals surface area contributed by atoms with Gasteiger partial charge >= 0.3 is 5.97 Å². The van der Waals surface area contributed by atoms with Gasteiger partial charge in [0.15, 0.2) is 0 Å². The normalized spacial score (nSPS) is 10.4. The van der Waals surface area contributed by atoms with Crippen molar-refractivity contribution in [2.75, 3.05) is 12.4 Å². The molecule has 2 rings (SSSR count). The van der Waals surface area contributed by atoms with Gasteiger partial charge in [-0.15, -0.1) is 11.8 Å². The van der Waals surface area contributed by atoms with Gasteiger partial charge in [0.05, 0.1) is 17.2 Å². The molecule has 0 fully saturated rings. The highest BCUT2D eigenvalue weighted by Crippen LogP contribution is 2.28. The molecule has 0 aliphatic heterocycles. The van der Waals surface area contributed by atoms with Crippen LogP contribution in [0.1, 0.15) is 10.4 Å². The van der Waals surface area contributed by atoms with Crippen LogP contribution in [-0.4, -0.2) is 23.4 Å². The summed E-state index contributed by atoms with van der Waals surface area (Å²) < 4.78 is 5.57. The first-order valence-corrected chi connectivity index (χ1v) is 7.84. The van der Waals surface area contributed by atoms with Gasteiger partial charge in [-0.25, -0.2) is 4.79 Å². The largest absolute Gasteiger partial charge is 0.491 e. The van der Waals surface area contributed by atoms with Gasteiger partial charge < -0.3 is 9.84 Å². The monoisotopic (exact) mass is 342 g/mol. The van der Waals surface area contributed by atoms with Crippen LogP contribution in [0.3, 0.4) is 0 Å². The Bertz CT molecular complexity index is 629. The maximum absolute atomic E-state index is 10.7. The Hall–Kier alpha value is -1.36. The minimum Gasteiger partial charge on any atom is -0.491 e. The second kappa shape index (κ2) is 7.59. The maximum Gasteiger partial charge on any atom is 0.335 e. The summed E-state index contributed by atoms with van der Waals surface area (Å²) in [6, 6.07) is 11.8. The lowest BCUT2D eigenvalue weighted by molar-refractivity contribution is 0.0697. The number of benzene rings is 2. The van der Waals surface area contributed by atoms with Crippen molar-refractivity contribution in [2.24, 2.45) is 0 Å². The molecule has 0 saturated carbocycles. The molecule has 2 aromatic carbocycles. The Labute approximate surface area is 136 Å². The number of aromatic carboxylic acids is 1. The van der Waals surface area contributed by atoms with E-state index in [1.165, 1.54) is 0 Å². The van der Waals surface area contributed by atoms with Gasteiger partial charge in [-0.1, -0.05) is 23.2 Å². The molecule has 0 aliphatic rings. The van der Waals surface area contributed by atoms with Crippen LogP contribution in [0, 0.1) is 0 Å². The lowest BCUT2D eigenvalue weighted by Crippen LogP contribution is -2.00. The number of hydrogen-bond donors (Lipinski definition) is 1. The van der Waals surface area contributed by atoms with Crippen molar-refractivity contribution in [1.29, 1.82) is 0 Å². The third kappa shape index (κ3) is 4.84. The Morgan fingerprint density at radius 1 is 1.14 bits per heavy atom. The Kier molecular flexibility index (Phi) is 5.79. The molecule has 0 spiro atoms. The smallest absolute Gasteiger partial charge is 0.335 e. The van der Waals surface area contributed by atoms with Crippen LogP contribution < -0.4 is 4.74 Å². The summed E-state index contributed by atoms with van der Waals surface area (Å²) >= 11 is 13.4. The number of carboxylic acids is 1. The number of thioether (sulfide) groups is 1. The number of rotatable bonds is 6. The van der Waals surface area contributed by atoms with Crippen LogP contribution in [0.5, 0.6) is 5.75 Å². The van der Waals surface area contributed by atoms with Crippen molar-refractivity contribution in [3.05, 3.63) is 58.1 Å². The molecule has 0 heterocycles. The average molecular weight is 343 g/mol. The van der Waals surface area contributed by atoms with E-state index in [1.54, 1.807) is 54.2 Å². The molecule has 1 N–H and O–H groups in total. The van der Waals surface area contributed by atoms with Crippen LogP contribution in [0.4, 0.5) is 0 Å². The summed E-state index contributed by atoms with van der Waals surface area (Å²) in [7, 11) is 0. The van der Waals surface area contributed by atoms with Gasteiger partial charge in [-0.3, -0.25) is 0 Å². The summed E-state index contributed by atoms with van der Waals surface area (Å²) in [6.07, 6.45) is 0. The molecule has 21 heavy (non-hydrogen) atoms. The highest BCUT2D eigenvalue weighted by Gasteiger charge is 2.04. The van der Waals surface area contributed by atoms with E-state index in [-0.39, 0.29) is 5.56 Å². The lowest BCUT2D eigenvalue weighted by Gasteiger charge is -2.08. The summed E-state index contributed by atoms with van der Waals surface area (Å²) in [5, 5.41) is 9.87. The molecular formula is C15H12Cl2O3S. The van der Waals surface area contributed by atoms with E-state index < -0.39 is 5.97 Å². The van der Waals surface area contributed by atoms with E-state index in [1.807, 2.05) is 0 Å². The minimum atomic E-state index is -0.924. The van der Waals surface area contributed by atoms with Crippen molar-refractivity contribution >= 4 is 40.9 Å².